The zero-order valence-corrected chi connectivity index (χ0v) is 13.2. The molecule has 1 heterocycles. The lowest BCUT2D eigenvalue weighted by Gasteiger charge is -2.18. The average Bonchev–Trinajstić information content (AvgIpc) is 3.32. The molecule has 0 amide bonds. The van der Waals surface area contributed by atoms with Crippen LogP contribution in [0.4, 0.5) is 35.0 Å². The minimum Gasteiger partial charge on any atom is -0.378 e. The van der Waals surface area contributed by atoms with Crippen LogP contribution >= 0.6 is 0 Å². The van der Waals surface area contributed by atoms with E-state index < -0.39 is 33.6 Å². The Bertz CT molecular complexity index is 868. The van der Waals surface area contributed by atoms with Crippen LogP contribution in [0.25, 0.3) is 0 Å². The Morgan fingerprint density at radius 2 is 2.00 bits per heavy atom. The van der Waals surface area contributed by atoms with E-state index in [-0.39, 0.29) is 23.9 Å². The normalized spacial score (nSPS) is 15.5. The van der Waals surface area contributed by atoms with Crippen LogP contribution < -0.4 is 11.1 Å². The molecule has 1 saturated carbocycles. The number of nitrogens with two attached hydrogens (primary N) is 1. The maximum Gasteiger partial charge on any atom is 0.416 e. The van der Waals surface area contributed by atoms with E-state index in [1.165, 1.54) is 0 Å². The van der Waals surface area contributed by atoms with Gasteiger partial charge in [-0.2, -0.15) is 18.2 Å². The number of alkyl halides is 3. The molecular weight excluding hydrogens is 358 g/mol. The van der Waals surface area contributed by atoms with Crippen LogP contribution in [0.5, 0.6) is 0 Å². The molecule has 0 radical (unpaired) electrons. The highest BCUT2D eigenvalue weighted by Gasteiger charge is 2.45. The fourth-order valence-corrected chi connectivity index (χ4v) is 2.64. The maximum absolute atomic E-state index is 13.6. The number of nitrogens with one attached hydrogen (secondary N) is 1. The van der Waals surface area contributed by atoms with Crippen molar-refractivity contribution in [2.24, 2.45) is 0 Å². The van der Waals surface area contributed by atoms with Crippen molar-refractivity contribution >= 4 is 17.5 Å². The molecule has 11 heteroatoms. The number of nitro groups is 1. The topological polar surface area (TPSA) is 107 Å². The first-order valence-electron chi connectivity index (χ1n) is 7.50. The molecular formula is C15H13F4N5O2. The highest BCUT2D eigenvalue weighted by molar-refractivity contribution is 5.53. The highest BCUT2D eigenvalue weighted by atomic mass is 19.4. The van der Waals surface area contributed by atoms with Gasteiger partial charge in [-0.15, -0.1) is 0 Å². The van der Waals surface area contributed by atoms with Gasteiger partial charge in [0.15, 0.2) is 0 Å². The van der Waals surface area contributed by atoms with Crippen molar-refractivity contribution in [1.82, 2.24) is 9.97 Å². The number of anilines is 2. The zero-order valence-electron chi connectivity index (χ0n) is 13.2. The fraction of sp³-hybridized carbons (Fsp3) is 0.333. The van der Waals surface area contributed by atoms with E-state index >= 15 is 0 Å². The Hall–Kier alpha value is -2.98. The summed E-state index contributed by atoms with van der Waals surface area (Å²) in [7, 11) is 0. The molecule has 1 aromatic carbocycles. The van der Waals surface area contributed by atoms with Gasteiger partial charge in [0.25, 0.3) is 0 Å². The van der Waals surface area contributed by atoms with Gasteiger partial charge in [-0.3, -0.25) is 10.1 Å². The first kappa shape index (κ1) is 17.8. The van der Waals surface area contributed by atoms with E-state index in [1.807, 2.05) is 0 Å². The number of halogens is 4. The quantitative estimate of drug-likeness (QED) is 0.475. The summed E-state index contributed by atoms with van der Waals surface area (Å²) in [6.07, 6.45) is -2.59. The van der Waals surface area contributed by atoms with Gasteiger partial charge in [-0.25, -0.2) is 9.37 Å². The maximum atomic E-state index is 13.6. The predicted molar refractivity (Wildman–Crippen MR) is 83.9 cm³/mol. The van der Waals surface area contributed by atoms with Crippen molar-refractivity contribution in [3.8, 4) is 0 Å². The van der Waals surface area contributed by atoms with Crippen molar-refractivity contribution < 1.29 is 22.5 Å². The smallest absolute Gasteiger partial charge is 0.378 e. The van der Waals surface area contributed by atoms with E-state index in [0.29, 0.717) is 18.9 Å². The van der Waals surface area contributed by atoms with Crippen molar-refractivity contribution in [3.63, 3.8) is 0 Å². The van der Waals surface area contributed by atoms with Crippen molar-refractivity contribution in [3.05, 3.63) is 51.5 Å². The third-order valence-corrected chi connectivity index (χ3v) is 4.27. The van der Waals surface area contributed by atoms with Crippen LogP contribution in [0.2, 0.25) is 0 Å². The summed E-state index contributed by atoms with van der Waals surface area (Å²) in [5.41, 5.74) is 3.52. The van der Waals surface area contributed by atoms with Crippen molar-refractivity contribution in [1.29, 1.82) is 0 Å². The summed E-state index contributed by atoms with van der Waals surface area (Å²) in [6.45, 7) is 0.144. The van der Waals surface area contributed by atoms with Gasteiger partial charge in [0.1, 0.15) is 12.0 Å². The molecule has 1 aromatic heterocycles. The largest absolute Gasteiger partial charge is 0.416 e. The van der Waals surface area contributed by atoms with Crippen LogP contribution in [0.15, 0.2) is 24.4 Å². The summed E-state index contributed by atoms with van der Waals surface area (Å²) >= 11 is 0. The van der Waals surface area contributed by atoms with Gasteiger partial charge in [0, 0.05) is 12.0 Å². The molecule has 0 unspecified atom stereocenters. The van der Waals surface area contributed by atoms with Gasteiger partial charge < -0.3 is 11.1 Å². The summed E-state index contributed by atoms with van der Waals surface area (Å²) in [4.78, 5) is 17.5. The Kier molecular flexibility index (Phi) is 4.17. The van der Waals surface area contributed by atoms with Crippen LogP contribution in [-0.2, 0) is 11.6 Å². The lowest BCUT2D eigenvalue weighted by molar-refractivity contribution is -0.384. The second-order valence-corrected chi connectivity index (χ2v) is 6.08. The molecule has 7 nitrogen and oxygen atoms in total. The Balaban J connectivity index is 1.80. The van der Waals surface area contributed by atoms with E-state index in [4.69, 9.17) is 5.73 Å². The lowest BCUT2D eigenvalue weighted by Crippen LogP contribution is -2.22. The van der Waals surface area contributed by atoms with Gasteiger partial charge >= 0.3 is 11.9 Å². The van der Waals surface area contributed by atoms with Gasteiger partial charge in [-0.1, -0.05) is 0 Å². The number of nitrogens with zero attached hydrogens (tertiary/aromatic N) is 3. The SMILES string of the molecule is Nc1nc(NCC2(c3cc(F)cc(C(F)(F)F)c3)CC2)ncc1[N+](=O)[O-]. The Morgan fingerprint density at radius 1 is 1.31 bits per heavy atom. The molecule has 1 aliphatic carbocycles. The first-order chi connectivity index (χ1) is 12.1. The first-order valence-corrected chi connectivity index (χ1v) is 7.50. The zero-order chi connectivity index (χ0) is 19.1. The van der Waals surface area contributed by atoms with E-state index in [9.17, 15) is 27.7 Å². The van der Waals surface area contributed by atoms with Gasteiger partial charge in [0.05, 0.1) is 10.5 Å². The van der Waals surface area contributed by atoms with Gasteiger partial charge in [-0.05, 0) is 36.6 Å². The Labute approximate surface area is 144 Å². The molecule has 2 aromatic rings. The third-order valence-electron chi connectivity index (χ3n) is 4.27. The second-order valence-electron chi connectivity index (χ2n) is 6.08. The predicted octanol–water partition coefficient (Wildman–Crippen LogP) is 3.27. The molecule has 3 rings (SSSR count). The molecule has 0 saturated heterocycles. The number of nitrogen functional groups attached to an aromatic ring is 1. The van der Waals surface area contributed by atoms with Crippen LogP contribution in [0.1, 0.15) is 24.0 Å². The standard InChI is InChI=1S/C15H13F4N5O2/c16-10-4-8(3-9(5-10)15(17,18)19)14(1-2-14)7-22-13-21-6-11(24(25)26)12(20)23-13/h3-6H,1-2,7H2,(H3,20,21,22,23). The van der Waals surface area contributed by atoms with Crippen molar-refractivity contribution in [2.45, 2.75) is 24.4 Å². The van der Waals surface area contributed by atoms with Crippen molar-refractivity contribution in [2.75, 3.05) is 17.6 Å². The fourth-order valence-electron chi connectivity index (χ4n) is 2.64. The van der Waals surface area contributed by atoms with Crippen LogP contribution in [-0.4, -0.2) is 21.4 Å². The Morgan fingerprint density at radius 3 is 2.54 bits per heavy atom. The number of benzene rings is 1. The number of rotatable bonds is 5. The molecule has 1 aliphatic rings. The molecule has 0 spiro atoms. The number of hydrogen-bond donors (Lipinski definition) is 2. The summed E-state index contributed by atoms with van der Waals surface area (Å²) in [5, 5.41) is 13.5. The minimum absolute atomic E-state index is 0.00632. The highest BCUT2D eigenvalue weighted by Crippen LogP contribution is 2.49. The summed E-state index contributed by atoms with van der Waals surface area (Å²) in [6, 6.07) is 2.46. The van der Waals surface area contributed by atoms with Crippen LogP contribution in [0.3, 0.4) is 0 Å². The molecule has 1 fully saturated rings. The minimum atomic E-state index is -4.64. The average molecular weight is 371 g/mol. The summed E-state index contributed by atoms with van der Waals surface area (Å²) < 4.78 is 52.3. The monoisotopic (exact) mass is 371 g/mol. The van der Waals surface area contributed by atoms with Crippen LogP contribution in [0, 0.1) is 15.9 Å². The third kappa shape index (κ3) is 3.51. The lowest BCUT2D eigenvalue weighted by atomic mass is 9.94. The van der Waals surface area contributed by atoms with Gasteiger partial charge in [0.2, 0.25) is 11.8 Å². The molecule has 0 bridgehead atoms. The molecule has 3 N–H and O–H groups in total. The summed E-state index contributed by atoms with van der Waals surface area (Å²) in [5.74, 6) is -1.29. The van der Waals surface area contributed by atoms with E-state index in [2.05, 4.69) is 15.3 Å². The second kappa shape index (κ2) is 6.07. The van der Waals surface area contributed by atoms with E-state index in [1.54, 1.807) is 0 Å². The molecule has 0 atom stereocenters. The number of aromatic nitrogens is 2. The molecule has 26 heavy (non-hydrogen) atoms. The molecule has 0 aliphatic heterocycles. The van der Waals surface area contributed by atoms with E-state index in [0.717, 1.165) is 18.3 Å². The molecule has 138 valence electrons. The number of hydrogen-bond acceptors (Lipinski definition) is 6.